The summed E-state index contributed by atoms with van der Waals surface area (Å²) in [6.07, 6.45) is 4.11. The molecule has 2 nitrogen and oxygen atoms in total. The molecule has 1 heterocycles. The highest BCUT2D eigenvalue weighted by molar-refractivity contribution is 6.31. The van der Waals surface area contributed by atoms with Gasteiger partial charge >= 0.3 is 0 Å². The Morgan fingerprint density at radius 1 is 1.33 bits per heavy atom. The van der Waals surface area contributed by atoms with E-state index < -0.39 is 0 Å². The number of benzene rings is 1. The number of nitrogens with zero attached hydrogens (tertiary/aromatic N) is 1. The van der Waals surface area contributed by atoms with Gasteiger partial charge in [-0.2, -0.15) is 0 Å². The van der Waals surface area contributed by atoms with Crippen molar-refractivity contribution in [2.45, 2.75) is 18.9 Å². The van der Waals surface area contributed by atoms with Gasteiger partial charge in [-0.3, -0.25) is 4.90 Å². The molecular weight excluding hydrogens is 244 g/mol. The maximum Gasteiger partial charge on any atom is 0.0453 e. The van der Waals surface area contributed by atoms with Crippen LogP contribution in [0.15, 0.2) is 36.9 Å². The van der Waals surface area contributed by atoms with Gasteiger partial charge in [0.1, 0.15) is 0 Å². The Balaban J connectivity index is 2.18. The van der Waals surface area contributed by atoms with E-state index in [1.807, 2.05) is 18.2 Å². The van der Waals surface area contributed by atoms with E-state index in [0.717, 1.165) is 44.0 Å². The Morgan fingerprint density at radius 3 is 2.72 bits per heavy atom. The first-order chi connectivity index (χ1) is 8.83. The molecule has 1 aliphatic heterocycles. The topological polar surface area (TPSA) is 15.3 Å². The van der Waals surface area contributed by atoms with Gasteiger partial charge < -0.3 is 5.32 Å². The number of hydrogen-bond donors (Lipinski definition) is 1. The van der Waals surface area contributed by atoms with E-state index in [9.17, 15) is 0 Å². The molecule has 0 aromatic heterocycles. The van der Waals surface area contributed by atoms with Crippen molar-refractivity contribution in [3.05, 3.63) is 47.5 Å². The van der Waals surface area contributed by atoms with E-state index in [2.05, 4.69) is 28.9 Å². The fourth-order valence-electron chi connectivity index (χ4n) is 2.55. The van der Waals surface area contributed by atoms with Crippen LogP contribution in [-0.2, 0) is 0 Å². The smallest absolute Gasteiger partial charge is 0.0453 e. The average molecular weight is 265 g/mol. The van der Waals surface area contributed by atoms with Crippen molar-refractivity contribution >= 4 is 11.6 Å². The molecule has 0 aliphatic carbocycles. The first-order valence-corrected chi connectivity index (χ1v) is 7.01. The Bertz CT molecular complexity index is 386. The second-order valence-corrected chi connectivity index (χ2v) is 5.10. The molecule has 1 N–H and O–H groups in total. The SMILES string of the molecule is C=CCC[C@H](c1ccccc1Cl)N1CCNCC1. The zero-order chi connectivity index (χ0) is 12.8. The highest BCUT2D eigenvalue weighted by Gasteiger charge is 2.22. The van der Waals surface area contributed by atoms with Crippen LogP contribution in [0.25, 0.3) is 0 Å². The molecule has 0 bridgehead atoms. The average Bonchev–Trinajstić information content (AvgIpc) is 2.42. The maximum absolute atomic E-state index is 6.35. The normalized spacial score (nSPS) is 18.5. The third-order valence-electron chi connectivity index (χ3n) is 3.50. The van der Waals surface area contributed by atoms with Crippen LogP contribution >= 0.6 is 11.6 Å². The van der Waals surface area contributed by atoms with E-state index in [-0.39, 0.29) is 0 Å². The summed E-state index contributed by atoms with van der Waals surface area (Å²) in [5.74, 6) is 0. The lowest BCUT2D eigenvalue weighted by atomic mass is 9.99. The Labute approximate surface area is 115 Å². The maximum atomic E-state index is 6.35. The van der Waals surface area contributed by atoms with Crippen LogP contribution in [0.3, 0.4) is 0 Å². The van der Waals surface area contributed by atoms with Gasteiger partial charge in [0.05, 0.1) is 0 Å². The monoisotopic (exact) mass is 264 g/mol. The third kappa shape index (κ3) is 3.35. The zero-order valence-electron chi connectivity index (χ0n) is 10.7. The Morgan fingerprint density at radius 2 is 2.06 bits per heavy atom. The van der Waals surface area contributed by atoms with Crippen molar-refractivity contribution in [3.8, 4) is 0 Å². The Hall–Kier alpha value is -0.830. The summed E-state index contributed by atoms with van der Waals surface area (Å²) in [4.78, 5) is 2.53. The van der Waals surface area contributed by atoms with E-state index in [0.29, 0.717) is 6.04 Å². The second kappa shape index (κ2) is 6.93. The Kier molecular flexibility index (Phi) is 5.24. The largest absolute Gasteiger partial charge is 0.314 e. The standard InChI is InChI=1S/C15H21ClN2/c1-2-3-8-15(18-11-9-17-10-12-18)13-6-4-5-7-14(13)16/h2,4-7,15,17H,1,3,8-12H2/t15-/m1/s1. The molecular formula is C15H21ClN2. The minimum Gasteiger partial charge on any atom is -0.314 e. The van der Waals surface area contributed by atoms with Gasteiger partial charge in [-0.1, -0.05) is 35.9 Å². The van der Waals surface area contributed by atoms with Gasteiger partial charge in [-0.05, 0) is 24.5 Å². The molecule has 0 saturated carbocycles. The number of hydrogen-bond acceptors (Lipinski definition) is 2. The second-order valence-electron chi connectivity index (χ2n) is 4.69. The van der Waals surface area contributed by atoms with Crippen molar-refractivity contribution < 1.29 is 0 Å². The molecule has 98 valence electrons. The van der Waals surface area contributed by atoms with Crippen molar-refractivity contribution in [1.82, 2.24) is 10.2 Å². The summed E-state index contributed by atoms with van der Waals surface area (Å²) in [5.41, 5.74) is 1.25. The van der Waals surface area contributed by atoms with Crippen molar-refractivity contribution in [2.24, 2.45) is 0 Å². The molecule has 1 atom stereocenters. The highest BCUT2D eigenvalue weighted by Crippen LogP contribution is 2.31. The first-order valence-electron chi connectivity index (χ1n) is 6.63. The van der Waals surface area contributed by atoms with Gasteiger partial charge in [-0.15, -0.1) is 6.58 Å². The number of rotatable bonds is 5. The summed E-state index contributed by atoms with van der Waals surface area (Å²) < 4.78 is 0. The number of allylic oxidation sites excluding steroid dienone is 1. The van der Waals surface area contributed by atoms with Crippen LogP contribution in [0, 0.1) is 0 Å². The molecule has 1 aromatic rings. The zero-order valence-corrected chi connectivity index (χ0v) is 11.5. The molecule has 18 heavy (non-hydrogen) atoms. The summed E-state index contributed by atoms with van der Waals surface area (Å²) in [6.45, 7) is 8.14. The summed E-state index contributed by atoms with van der Waals surface area (Å²) in [7, 11) is 0. The minimum atomic E-state index is 0.416. The van der Waals surface area contributed by atoms with Gasteiger partial charge in [0.15, 0.2) is 0 Å². The fourth-order valence-corrected chi connectivity index (χ4v) is 2.81. The van der Waals surface area contributed by atoms with Crippen molar-refractivity contribution in [1.29, 1.82) is 0 Å². The van der Waals surface area contributed by atoms with Gasteiger partial charge in [0, 0.05) is 37.2 Å². The lowest BCUT2D eigenvalue weighted by Crippen LogP contribution is -2.45. The lowest BCUT2D eigenvalue weighted by molar-refractivity contribution is 0.166. The van der Waals surface area contributed by atoms with E-state index in [1.165, 1.54) is 5.56 Å². The quantitative estimate of drug-likeness (QED) is 0.822. The van der Waals surface area contributed by atoms with Crippen LogP contribution < -0.4 is 5.32 Å². The molecule has 0 unspecified atom stereocenters. The summed E-state index contributed by atoms with van der Waals surface area (Å²) in [5, 5.41) is 4.28. The predicted molar refractivity (Wildman–Crippen MR) is 78.1 cm³/mol. The van der Waals surface area contributed by atoms with Crippen molar-refractivity contribution in [2.75, 3.05) is 26.2 Å². The van der Waals surface area contributed by atoms with Crippen LogP contribution in [0.1, 0.15) is 24.4 Å². The third-order valence-corrected chi connectivity index (χ3v) is 3.85. The molecule has 0 radical (unpaired) electrons. The molecule has 1 saturated heterocycles. The molecule has 2 rings (SSSR count). The van der Waals surface area contributed by atoms with Crippen molar-refractivity contribution in [3.63, 3.8) is 0 Å². The van der Waals surface area contributed by atoms with Crippen LogP contribution in [-0.4, -0.2) is 31.1 Å². The van der Waals surface area contributed by atoms with Crippen LogP contribution in [0.2, 0.25) is 5.02 Å². The molecule has 3 heteroatoms. The first kappa shape index (κ1) is 13.6. The van der Waals surface area contributed by atoms with Gasteiger partial charge in [0.2, 0.25) is 0 Å². The predicted octanol–water partition coefficient (Wildman–Crippen LogP) is 3.25. The number of piperazine rings is 1. The molecule has 0 spiro atoms. The van der Waals surface area contributed by atoms with E-state index in [4.69, 9.17) is 11.6 Å². The highest BCUT2D eigenvalue weighted by atomic mass is 35.5. The summed E-state index contributed by atoms with van der Waals surface area (Å²) >= 11 is 6.35. The number of nitrogens with one attached hydrogen (secondary N) is 1. The molecule has 1 aliphatic rings. The number of halogens is 1. The van der Waals surface area contributed by atoms with E-state index >= 15 is 0 Å². The van der Waals surface area contributed by atoms with Gasteiger partial charge in [-0.25, -0.2) is 0 Å². The fraction of sp³-hybridized carbons (Fsp3) is 0.467. The van der Waals surface area contributed by atoms with Crippen LogP contribution in [0.5, 0.6) is 0 Å². The van der Waals surface area contributed by atoms with E-state index in [1.54, 1.807) is 0 Å². The summed E-state index contributed by atoms with van der Waals surface area (Å²) in [6, 6.07) is 8.62. The van der Waals surface area contributed by atoms with Gasteiger partial charge in [0.25, 0.3) is 0 Å². The lowest BCUT2D eigenvalue weighted by Gasteiger charge is -2.35. The molecule has 1 aromatic carbocycles. The molecule has 0 amide bonds. The van der Waals surface area contributed by atoms with Crippen LogP contribution in [0.4, 0.5) is 0 Å². The molecule has 1 fully saturated rings. The minimum absolute atomic E-state index is 0.416.